The zero-order chi connectivity index (χ0) is 53.7. The number of aliphatic imine (C=N–C) groups is 2. The maximum atomic E-state index is 13.8. The largest absolute Gasteiger partial charge is 0.493 e. The van der Waals surface area contributed by atoms with E-state index in [-0.39, 0.29) is 42.9 Å². The van der Waals surface area contributed by atoms with E-state index in [1.807, 2.05) is 48.2 Å². The van der Waals surface area contributed by atoms with Gasteiger partial charge in [0.25, 0.3) is 11.8 Å². The molecule has 1 aromatic heterocycles. The van der Waals surface area contributed by atoms with Crippen molar-refractivity contribution in [1.29, 1.82) is 0 Å². The number of carbonyl (C=O) groups is 3. The number of nitrogens with zero attached hydrogens (tertiary/aromatic N) is 6. The summed E-state index contributed by atoms with van der Waals surface area (Å²) in [4.78, 5) is 59.0. The molecule has 0 N–H and O–H groups in total. The Balaban J connectivity index is 1.04. The molecule has 0 radical (unpaired) electrons. The molecule has 0 spiro atoms. The standard InChI is InChI=1S/C56H74N6O14/c1-7-40-25-44-33-57-49-31-53(51(67-5)29-47(49)55(64)61(44)35-40)75-37-42-27-46(28-43(59-42)38-76-54-32-50-48(30-52(54)68-6)56(65)62-36-41(8-2)26-45(62)34-58-50)74-16-12-60(10-14-70-20-23-72-18-17-66-4)11-15-71-21-24-73-22-19-69-13-9-39(3)63/h7-8,27-34,44-45H,9-26,35-38H2,1-6H3. The van der Waals surface area contributed by atoms with Gasteiger partial charge in [0.2, 0.25) is 0 Å². The predicted molar refractivity (Wildman–Crippen MR) is 285 cm³/mol. The van der Waals surface area contributed by atoms with Gasteiger partial charge < -0.3 is 61.9 Å². The molecule has 7 rings (SSSR count). The van der Waals surface area contributed by atoms with Gasteiger partial charge in [0, 0.05) is 82.9 Å². The van der Waals surface area contributed by atoms with Gasteiger partial charge in [0.05, 0.1) is 133 Å². The summed E-state index contributed by atoms with van der Waals surface area (Å²) < 4.78 is 64.4. The van der Waals surface area contributed by atoms with Gasteiger partial charge in [-0.3, -0.25) is 34.3 Å². The summed E-state index contributed by atoms with van der Waals surface area (Å²) in [5.74, 6) is 1.95. The molecule has 2 amide bonds. The third-order valence-electron chi connectivity index (χ3n) is 13.2. The normalized spacial score (nSPS) is 17.7. The maximum Gasteiger partial charge on any atom is 0.257 e. The smallest absolute Gasteiger partial charge is 0.257 e. The molecule has 0 bridgehead atoms. The fraction of sp³-hybridized carbons (Fsp3) is 0.536. The minimum atomic E-state index is -0.127. The Morgan fingerprint density at radius 3 is 1.47 bits per heavy atom. The number of hydrogen-bond acceptors (Lipinski definition) is 18. The van der Waals surface area contributed by atoms with Gasteiger partial charge in [-0.25, -0.2) is 0 Å². The summed E-state index contributed by atoms with van der Waals surface area (Å²) >= 11 is 0. The lowest BCUT2D eigenvalue weighted by molar-refractivity contribution is -0.118. The van der Waals surface area contributed by atoms with Gasteiger partial charge in [-0.1, -0.05) is 23.3 Å². The van der Waals surface area contributed by atoms with Crippen LogP contribution in [0.3, 0.4) is 0 Å². The molecule has 2 unspecified atom stereocenters. The van der Waals surface area contributed by atoms with Crippen molar-refractivity contribution in [2.45, 2.75) is 65.3 Å². The summed E-state index contributed by atoms with van der Waals surface area (Å²) in [6, 6.07) is 10.2. The number of fused-ring (bicyclic) bond motifs is 4. The first-order chi connectivity index (χ1) is 37.1. The van der Waals surface area contributed by atoms with Crippen LogP contribution < -0.4 is 23.7 Å². The number of amides is 2. The Hall–Kier alpha value is -6.26. The topological polar surface area (TPSA) is 200 Å². The second-order valence-corrected chi connectivity index (χ2v) is 18.5. The zero-order valence-corrected chi connectivity index (χ0v) is 44.9. The molecule has 0 saturated carbocycles. The Labute approximate surface area is 445 Å². The van der Waals surface area contributed by atoms with E-state index < -0.39 is 0 Å². The van der Waals surface area contributed by atoms with Gasteiger partial charge in [-0.05, 0) is 45.7 Å². The van der Waals surface area contributed by atoms with E-state index in [9.17, 15) is 14.4 Å². The quantitative estimate of drug-likeness (QED) is 0.0479. The summed E-state index contributed by atoms with van der Waals surface area (Å²) in [6.07, 6.45) is 9.65. The number of aromatic nitrogens is 1. The number of benzene rings is 2. The van der Waals surface area contributed by atoms with Crippen molar-refractivity contribution in [3.05, 3.63) is 82.2 Å². The Morgan fingerprint density at radius 2 is 1.03 bits per heavy atom. The van der Waals surface area contributed by atoms with Gasteiger partial charge in [0.15, 0.2) is 23.0 Å². The minimum Gasteiger partial charge on any atom is -0.493 e. The highest BCUT2D eigenvalue weighted by Gasteiger charge is 2.36. The van der Waals surface area contributed by atoms with E-state index in [4.69, 9.17) is 67.1 Å². The molecular formula is C56H74N6O14. The van der Waals surface area contributed by atoms with Crippen LogP contribution in [0.5, 0.6) is 28.7 Å². The molecule has 412 valence electrons. The zero-order valence-electron chi connectivity index (χ0n) is 44.9. The van der Waals surface area contributed by atoms with Crippen LogP contribution >= 0.6 is 0 Å². The van der Waals surface area contributed by atoms with Gasteiger partial charge in [0.1, 0.15) is 31.4 Å². The summed E-state index contributed by atoms with van der Waals surface area (Å²) in [5, 5.41) is 0. The molecule has 4 aliphatic heterocycles. The number of ketones is 1. The van der Waals surface area contributed by atoms with Gasteiger partial charge >= 0.3 is 0 Å². The molecule has 76 heavy (non-hydrogen) atoms. The number of methoxy groups -OCH3 is 3. The van der Waals surface area contributed by atoms with Crippen LogP contribution in [0.4, 0.5) is 11.4 Å². The summed E-state index contributed by atoms with van der Waals surface area (Å²) in [5.41, 5.74) is 5.32. The Kier molecular flexibility index (Phi) is 22.6. The lowest BCUT2D eigenvalue weighted by Gasteiger charge is -2.22. The first-order valence-electron chi connectivity index (χ1n) is 26.0. The fourth-order valence-electron chi connectivity index (χ4n) is 8.92. The van der Waals surface area contributed by atoms with Crippen LogP contribution in [0, 0.1) is 0 Å². The van der Waals surface area contributed by atoms with Crippen molar-refractivity contribution < 1.29 is 66.5 Å². The maximum absolute atomic E-state index is 13.8. The molecule has 2 fully saturated rings. The molecule has 20 heteroatoms. The lowest BCUT2D eigenvalue weighted by atomic mass is 10.1. The van der Waals surface area contributed by atoms with Crippen LogP contribution in [0.15, 0.2) is 69.7 Å². The minimum absolute atomic E-state index is 0.00853. The van der Waals surface area contributed by atoms with Crippen molar-refractivity contribution in [1.82, 2.24) is 19.7 Å². The third-order valence-corrected chi connectivity index (χ3v) is 13.2. The molecular weight excluding hydrogens is 981 g/mol. The lowest BCUT2D eigenvalue weighted by Crippen LogP contribution is -2.35. The van der Waals surface area contributed by atoms with Crippen molar-refractivity contribution in [2.24, 2.45) is 9.98 Å². The van der Waals surface area contributed by atoms with Gasteiger partial charge in [-0.15, -0.1) is 0 Å². The molecule has 2 atom stereocenters. The monoisotopic (exact) mass is 1050 g/mol. The van der Waals surface area contributed by atoms with Crippen molar-refractivity contribution in [3.63, 3.8) is 0 Å². The highest BCUT2D eigenvalue weighted by molar-refractivity contribution is 6.04. The van der Waals surface area contributed by atoms with E-state index in [1.165, 1.54) is 25.4 Å². The van der Waals surface area contributed by atoms with Crippen LogP contribution in [0.1, 0.15) is 72.1 Å². The first-order valence-corrected chi connectivity index (χ1v) is 26.0. The number of carbonyl (C=O) groups excluding carboxylic acids is 3. The molecule has 2 aromatic carbocycles. The first kappa shape index (κ1) is 57.4. The van der Waals surface area contributed by atoms with Gasteiger partial charge in [-0.2, -0.15) is 0 Å². The second-order valence-electron chi connectivity index (χ2n) is 18.5. The summed E-state index contributed by atoms with van der Waals surface area (Å²) in [6.45, 7) is 13.7. The van der Waals surface area contributed by atoms with E-state index in [0.717, 1.165) is 12.8 Å². The Morgan fingerprint density at radius 1 is 0.579 bits per heavy atom. The molecule has 3 aromatic rings. The Bertz CT molecular complexity index is 2420. The van der Waals surface area contributed by atoms with E-state index in [2.05, 4.69) is 17.1 Å². The molecule has 4 aliphatic rings. The van der Waals surface area contributed by atoms with Crippen LogP contribution in [0.2, 0.25) is 0 Å². The average Bonchev–Trinajstić information content (AvgIpc) is 4.00. The summed E-state index contributed by atoms with van der Waals surface area (Å²) in [7, 11) is 4.71. The fourth-order valence-corrected chi connectivity index (χ4v) is 8.92. The van der Waals surface area contributed by atoms with Crippen molar-refractivity contribution in [3.8, 4) is 28.7 Å². The van der Waals surface area contributed by atoms with Crippen LogP contribution in [-0.4, -0.2) is 195 Å². The highest BCUT2D eigenvalue weighted by atomic mass is 16.6. The van der Waals surface area contributed by atoms with E-state index >= 15 is 0 Å². The number of Topliss-reactive ketones (excluding diaryl/α,β-unsaturated/α-hetero) is 1. The average molecular weight is 1060 g/mol. The highest BCUT2D eigenvalue weighted by Crippen LogP contribution is 2.41. The number of hydrogen-bond donors (Lipinski definition) is 0. The van der Waals surface area contributed by atoms with Crippen molar-refractivity contribution in [2.75, 3.05) is 133 Å². The van der Waals surface area contributed by atoms with Crippen molar-refractivity contribution >= 4 is 41.4 Å². The third kappa shape index (κ3) is 16.4. The molecule has 2 saturated heterocycles. The SMILES string of the molecule is CC=C1CC2C=Nc3cc(OCc4cc(OCCN(CCOCCOCCOC)CCOCCOCCOCCC(C)=O)cc(COc5cc6c(cc5OC)C(=O)N5CC(=CC)CC5C=N6)n4)c(OC)cc3C(=O)N2C1. The molecule has 20 nitrogen and oxygen atoms in total. The molecule has 0 aliphatic carbocycles. The van der Waals surface area contributed by atoms with Crippen LogP contribution in [-0.2, 0) is 46.4 Å². The predicted octanol–water partition coefficient (Wildman–Crippen LogP) is 6.40. The number of pyridine rings is 1. The van der Waals surface area contributed by atoms with E-state index in [1.54, 1.807) is 38.3 Å². The number of allylic oxidation sites excluding steroid dienone is 2. The molecule has 5 heterocycles. The van der Waals surface area contributed by atoms with Crippen LogP contribution in [0.25, 0.3) is 0 Å². The van der Waals surface area contributed by atoms with E-state index in [0.29, 0.717) is 181 Å². The number of rotatable bonds is 33. The number of ether oxygens (including phenoxy) is 11. The second kappa shape index (κ2) is 29.9.